The van der Waals surface area contributed by atoms with Gasteiger partial charge >= 0.3 is 0 Å². The number of aliphatic hydroxyl groups excluding tert-OH is 1. The molecule has 0 aromatic heterocycles. The molecular weight excluding hydrogens is 264 g/mol. The molecule has 21 heavy (non-hydrogen) atoms. The molecule has 2 atom stereocenters. The van der Waals surface area contributed by atoms with Crippen LogP contribution in [0, 0.1) is 6.92 Å². The molecule has 0 bridgehead atoms. The first-order chi connectivity index (χ1) is 10.1. The summed E-state index contributed by atoms with van der Waals surface area (Å²) in [4.78, 5) is 0. The monoisotopic (exact) mass is 284 g/mol. The molecule has 1 aliphatic rings. The summed E-state index contributed by atoms with van der Waals surface area (Å²) in [5, 5.41) is 9.82. The van der Waals surface area contributed by atoms with E-state index in [9.17, 15) is 5.11 Å². The molecule has 0 aliphatic carbocycles. The molecule has 3 nitrogen and oxygen atoms in total. The summed E-state index contributed by atoms with van der Waals surface area (Å²) in [5.41, 5.74) is 3.16. The molecule has 2 unspecified atom stereocenters. The summed E-state index contributed by atoms with van der Waals surface area (Å²) in [6.07, 6.45) is 0.360. The molecule has 0 saturated carbocycles. The number of rotatable bonds is 4. The molecule has 3 heteroatoms. The van der Waals surface area contributed by atoms with Gasteiger partial charge in [-0.3, -0.25) is 0 Å². The molecule has 0 fully saturated rings. The van der Waals surface area contributed by atoms with E-state index in [1.165, 1.54) is 5.56 Å². The lowest BCUT2D eigenvalue weighted by Crippen LogP contribution is -2.22. The molecule has 2 aromatic rings. The normalized spacial score (nSPS) is 18.0. The van der Waals surface area contributed by atoms with Crippen molar-refractivity contribution >= 4 is 0 Å². The average Bonchev–Trinajstić information content (AvgIpc) is 2.87. The molecule has 0 saturated heterocycles. The Morgan fingerprint density at radius 3 is 2.86 bits per heavy atom. The zero-order chi connectivity index (χ0) is 14.8. The number of benzene rings is 2. The maximum Gasteiger partial charge on any atom is 0.137 e. The Balaban J connectivity index is 1.68. The third-order valence-electron chi connectivity index (χ3n) is 3.76. The first-order valence-corrected chi connectivity index (χ1v) is 7.29. The highest BCUT2D eigenvalue weighted by molar-refractivity contribution is 5.39. The van der Waals surface area contributed by atoms with Crippen LogP contribution in [0.2, 0.25) is 0 Å². The van der Waals surface area contributed by atoms with Crippen LogP contribution in [0.4, 0.5) is 0 Å². The maximum absolute atomic E-state index is 9.82. The van der Waals surface area contributed by atoms with Crippen LogP contribution in [0.3, 0.4) is 0 Å². The number of aryl methyl sites for hydroxylation is 1. The van der Waals surface area contributed by atoms with E-state index in [0.29, 0.717) is 6.61 Å². The summed E-state index contributed by atoms with van der Waals surface area (Å²) in [7, 11) is 0. The lowest BCUT2D eigenvalue weighted by atomic mass is 10.1. The molecule has 110 valence electrons. The standard InChI is InChI=1S/C18H20O3/c1-12-7-8-16(13(2)19)18(9-12)20-11-15-10-14-5-3-4-6-17(14)21-15/h3-9,13,15,19H,10-11H2,1-2H3. The number of hydrogen-bond donors (Lipinski definition) is 1. The number of aliphatic hydroxyl groups is 1. The van der Waals surface area contributed by atoms with E-state index in [1.54, 1.807) is 6.92 Å². The molecule has 1 N–H and O–H groups in total. The highest BCUT2D eigenvalue weighted by atomic mass is 16.5. The summed E-state index contributed by atoms with van der Waals surface area (Å²) in [6, 6.07) is 13.9. The summed E-state index contributed by atoms with van der Waals surface area (Å²) in [6.45, 7) is 4.25. The van der Waals surface area contributed by atoms with Crippen molar-refractivity contribution in [2.45, 2.75) is 32.5 Å². The number of fused-ring (bicyclic) bond motifs is 1. The Bertz CT molecular complexity index is 609. The third-order valence-corrected chi connectivity index (χ3v) is 3.76. The van der Waals surface area contributed by atoms with Gasteiger partial charge in [-0.2, -0.15) is 0 Å². The van der Waals surface area contributed by atoms with Gasteiger partial charge in [0.15, 0.2) is 0 Å². The van der Waals surface area contributed by atoms with E-state index in [-0.39, 0.29) is 6.10 Å². The van der Waals surface area contributed by atoms with E-state index in [0.717, 1.165) is 29.0 Å². The fraction of sp³-hybridized carbons (Fsp3) is 0.333. The predicted molar refractivity (Wildman–Crippen MR) is 81.9 cm³/mol. The minimum absolute atomic E-state index is 0.0322. The summed E-state index contributed by atoms with van der Waals surface area (Å²) in [5.74, 6) is 1.69. The van der Waals surface area contributed by atoms with Crippen LogP contribution in [0.15, 0.2) is 42.5 Å². The summed E-state index contributed by atoms with van der Waals surface area (Å²) < 4.78 is 11.8. The Morgan fingerprint density at radius 1 is 1.29 bits per heavy atom. The van der Waals surface area contributed by atoms with Gasteiger partial charge in [0.2, 0.25) is 0 Å². The molecule has 0 amide bonds. The number of ether oxygens (including phenoxy) is 2. The predicted octanol–water partition coefficient (Wildman–Crippen LogP) is 3.43. The minimum atomic E-state index is -0.540. The molecule has 0 radical (unpaired) electrons. The van der Waals surface area contributed by atoms with Gasteiger partial charge in [0, 0.05) is 12.0 Å². The third kappa shape index (κ3) is 3.03. The van der Waals surface area contributed by atoms with Crippen LogP contribution in [0.25, 0.3) is 0 Å². The van der Waals surface area contributed by atoms with Crippen molar-refractivity contribution in [1.82, 2.24) is 0 Å². The van der Waals surface area contributed by atoms with Gasteiger partial charge in [-0.05, 0) is 37.1 Å². The quantitative estimate of drug-likeness (QED) is 0.935. The van der Waals surface area contributed by atoms with E-state index in [4.69, 9.17) is 9.47 Å². The van der Waals surface area contributed by atoms with Crippen molar-refractivity contribution in [2.24, 2.45) is 0 Å². The van der Waals surface area contributed by atoms with Gasteiger partial charge in [-0.15, -0.1) is 0 Å². The van der Waals surface area contributed by atoms with E-state index >= 15 is 0 Å². The second-order valence-corrected chi connectivity index (χ2v) is 5.58. The molecule has 2 aromatic carbocycles. The van der Waals surface area contributed by atoms with Crippen molar-refractivity contribution in [3.63, 3.8) is 0 Å². The molecule has 3 rings (SSSR count). The van der Waals surface area contributed by atoms with Crippen LogP contribution in [-0.2, 0) is 6.42 Å². The van der Waals surface area contributed by atoms with Crippen LogP contribution in [-0.4, -0.2) is 17.8 Å². The minimum Gasteiger partial charge on any atom is -0.489 e. The van der Waals surface area contributed by atoms with Gasteiger partial charge in [0.1, 0.15) is 24.2 Å². The second-order valence-electron chi connectivity index (χ2n) is 5.58. The van der Waals surface area contributed by atoms with Gasteiger partial charge in [0.05, 0.1) is 6.10 Å². The maximum atomic E-state index is 9.82. The van der Waals surface area contributed by atoms with Crippen LogP contribution < -0.4 is 9.47 Å². The fourth-order valence-electron chi connectivity index (χ4n) is 2.64. The lowest BCUT2D eigenvalue weighted by Gasteiger charge is -2.17. The molecule has 0 spiro atoms. The van der Waals surface area contributed by atoms with E-state index in [1.807, 2.05) is 43.3 Å². The molecule has 1 aliphatic heterocycles. The zero-order valence-electron chi connectivity index (χ0n) is 12.4. The Kier molecular flexibility index (Phi) is 3.84. The van der Waals surface area contributed by atoms with E-state index < -0.39 is 6.10 Å². The van der Waals surface area contributed by atoms with Crippen LogP contribution in [0.5, 0.6) is 11.5 Å². The van der Waals surface area contributed by atoms with Crippen LogP contribution >= 0.6 is 0 Å². The van der Waals surface area contributed by atoms with Crippen LogP contribution in [0.1, 0.15) is 29.7 Å². The largest absolute Gasteiger partial charge is 0.489 e. The van der Waals surface area contributed by atoms with E-state index in [2.05, 4.69) is 6.07 Å². The van der Waals surface area contributed by atoms with Gasteiger partial charge in [-0.1, -0.05) is 30.3 Å². The lowest BCUT2D eigenvalue weighted by molar-refractivity contribution is 0.141. The Morgan fingerprint density at radius 2 is 2.10 bits per heavy atom. The second kappa shape index (κ2) is 5.78. The first-order valence-electron chi connectivity index (χ1n) is 7.29. The topological polar surface area (TPSA) is 38.7 Å². The smallest absolute Gasteiger partial charge is 0.137 e. The van der Waals surface area contributed by atoms with Gasteiger partial charge < -0.3 is 14.6 Å². The number of para-hydroxylation sites is 1. The SMILES string of the molecule is Cc1ccc(C(C)O)c(OCC2Cc3ccccc3O2)c1. The van der Waals surface area contributed by atoms with Gasteiger partial charge in [0.25, 0.3) is 0 Å². The molecular formula is C18H20O3. The highest BCUT2D eigenvalue weighted by Gasteiger charge is 2.23. The van der Waals surface area contributed by atoms with Crippen molar-refractivity contribution in [3.8, 4) is 11.5 Å². The Hall–Kier alpha value is -2.00. The van der Waals surface area contributed by atoms with Crippen molar-refractivity contribution in [2.75, 3.05) is 6.61 Å². The van der Waals surface area contributed by atoms with Crippen molar-refractivity contribution in [1.29, 1.82) is 0 Å². The average molecular weight is 284 g/mol. The van der Waals surface area contributed by atoms with Crippen molar-refractivity contribution < 1.29 is 14.6 Å². The fourth-order valence-corrected chi connectivity index (χ4v) is 2.64. The van der Waals surface area contributed by atoms with Crippen molar-refractivity contribution in [3.05, 3.63) is 59.2 Å². The summed E-state index contributed by atoms with van der Waals surface area (Å²) >= 11 is 0. The Labute approximate surface area is 125 Å². The highest BCUT2D eigenvalue weighted by Crippen LogP contribution is 2.30. The molecule has 1 heterocycles. The number of hydrogen-bond acceptors (Lipinski definition) is 3. The van der Waals surface area contributed by atoms with Gasteiger partial charge in [-0.25, -0.2) is 0 Å². The zero-order valence-corrected chi connectivity index (χ0v) is 12.4. The first kappa shape index (κ1) is 14.0.